The van der Waals surface area contributed by atoms with Gasteiger partial charge in [0.1, 0.15) is 24.7 Å². The van der Waals surface area contributed by atoms with Crippen molar-refractivity contribution < 1.29 is 33.4 Å². The van der Waals surface area contributed by atoms with Gasteiger partial charge in [0.05, 0.1) is 31.3 Å². The van der Waals surface area contributed by atoms with Gasteiger partial charge in [-0.25, -0.2) is 14.7 Å². The van der Waals surface area contributed by atoms with E-state index in [0.29, 0.717) is 35.4 Å². The number of benzene rings is 1. The minimum atomic E-state index is -1.28. The lowest BCUT2D eigenvalue weighted by Gasteiger charge is -2.49. The summed E-state index contributed by atoms with van der Waals surface area (Å²) in [6.07, 6.45) is -0.230. The summed E-state index contributed by atoms with van der Waals surface area (Å²) in [5.74, 6) is -1.60. The van der Waals surface area contributed by atoms with E-state index in [1.54, 1.807) is 22.1 Å². The maximum Gasteiger partial charge on any atom is 0.404 e. The average molecular weight is 391 g/mol. The Morgan fingerprint density at radius 3 is 2.71 bits per heavy atom. The molecule has 1 aromatic rings. The lowest BCUT2D eigenvalue weighted by molar-refractivity contribution is -0.266. The lowest BCUT2D eigenvalue weighted by atomic mass is 9.82. The fourth-order valence-electron chi connectivity index (χ4n) is 4.50. The first-order valence-electron chi connectivity index (χ1n) is 8.78. The summed E-state index contributed by atoms with van der Waals surface area (Å²) < 4.78 is 16.5. The van der Waals surface area contributed by atoms with Gasteiger partial charge in [-0.15, -0.1) is 0 Å². The van der Waals surface area contributed by atoms with Gasteiger partial charge < -0.3 is 24.8 Å². The fourth-order valence-corrected chi connectivity index (χ4v) is 4.50. The highest BCUT2D eigenvalue weighted by atomic mass is 16.8. The summed E-state index contributed by atoms with van der Waals surface area (Å²) >= 11 is 0. The van der Waals surface area contributed by atoms with Crippen molar-refractivity contribution in [3.63, 3.8) is 0 Å². The van der Waals surface area contributed by atoms with Crippen LogP contribution >= 0.6 is 0 Å². The van der Waals surface area contributed by atoms with E-state index in [1.807, 2.05) is 0 Å². The molecular formula is C18H21N3O7. The second-order valence-corrected chi connectivity index (χ2v) is 6.97. The molecule has 4 unspecified atom stereocenters. The van der Waals surface area contributed by atoms with Crippen LogP contribution in [0.15, 0.2) is 12.1 Å². The maximum atomic E-state index is 12.1. The number of primary amides is 1. The first kappa shape index (κ1) is 18.5. The van der Waals surface area contributed by atoms with Crippen LogP contribution in [0.4, 0.5) is 10.5 Å². The summed E-state index contributed by atoms with van der Waals surface area (Å²) in [5, 5.41) is 1.61. The van der Waals surface area contributed by atoms with E-state index in [2.05, 4.69) is 0 Å². The highest BCUT2D eigenvalue weighted by Gasteiger charge is 2.72. The summed E-state index contributed by atoms with van der Waals surface area (Å²) in [7, 11) is 2.96. The van der Waals surface area contributed by atoms with E-state index in [1.165, 1.54) is 21.1 Å². The zero-order valence-electron chi connectivity index (χ0n) is 15.7. The fraction of sp³-hybridized carbons (Fsp3) is 0.500. The van der Waals surface area contributed by atoms with E-state index in [4.69, 9.17) is 24.8 Å². The van der Waals surface area contributed by atoms with Crippen molar-refractivity contribution in [1.82, 2.24) is 4.90 Å². The van der Waals surface area contributed by atoms with Crippen molar-refractivity contribution in [3.05, 3.63) is 23.3 Å². The number of methoxy groups -OCH3 is 2. The number of hydrogen-bond donors (Lipinski definition) is 1. The smallest absolute Gasteiger partial charge is 0.404 e. The SMILES string of the molecule is COc1cc(C=O)cc2c1C(COC(N)=O)C1(OC)ON2CC2C1N2C(C)=O. The zero-order chi connectivity index (χ0) is 20.2. The molecule has 4 rings (SSSR count). The van der Waals surface area contributed by atoms with E-state index in [0.717, 1.165) is 0 Å². The number of ether oxygens (including phenoxy) is 3. The number of nitrogens with two attached hydrogens (primary N) is 1. The molecule has 150 valence electrons. The van der Waals surface area contributed by atoms with Gasteiger partial charge in [-0.3, -0.25) is 9.59 Å². The summed E-state index contributed by atoms with van der Waals surface area (Å²) in [6, 6.07) is 2.79. The normalized spacial score (nSPS) is 29.5. The predicted octanol–water partition coefficient (Wildman–Crippen LogP) is 0.394. The molecule has 2 saturated heterocycles. The Labute approximate surface area is 161 Å². The van der Waals surface area contributed by atoms with Gasteiger partial charge in [-0.2, -0.15) is 0 Å². The monoisotopic (exact) mass is 391 g/mol. The van der Waals surface area contributed by atoms with E-state index < -0.39 is 17.8 Å². The van der Waals surface area contributed by atoms with Gasteiger partial charge in [0.15, 0.2) is 0 Å². The van der Waals surface area contributed by atoms with Crippen molar-refractivity contribution in [2.45, 2.75) is 30.7 Å². The van der Waals surface area contributed by atoms with Gasteiger partial charge >= 0.3 is 6.09 Å². The van der Waals surface area contributed by atoms with E-state index in [9.17, 15) is 14.4 Å². The second kappa shape index (κ2) is 6.35. The van der Waals surface area contributed by atoms with Gasteiger partial charge in [0.25, 0.3) is 0 Å². The molecule has 1 aromatic carbocycles. The standard InChI is InChI=1S/C18H21N3O7/c1-9(23)21-13-6-20-12-4-10(7-22)5-14(25-2)15(12)11(8-27-17(19)24)18(26-3,28-20)16(13)21/h4-5,7,11,13,16H,6,8H2,1-3H3,(H2,19,24). The largest absolute Gasteiger partial charge is 0.496 e. The molecule has 3 aliphatic heterocycles. The van der Waals surface area contributed by atoms with Crippen LogP contribution < -0.4 is 15.5 Å². The van der Waals surface area contributed by atoms with Crippen molar-refractivity contribution in [2.75, 3.05) is 32.4 Å². The first-order chi connectivity index (χ1) is 13.4. The van der Waals surface area contributed by atoms with Crippen LogP contribution in [-0.2, 0) is 19.1 Å². The summed E-state index contributed by atoms with van der Waals surface area (Å²) in [4.78, 5) is 42.7. The Balaban J connectivity index is 1.90. The molecule has 10 heteroatoms. The molecule has 3 heterocycles. The number of fused-ring (bicyclic) bond motifs is 6. The van der Waals surface area contributed by atoms with Crippen LogP contribution in [0.2, 0.25) is 0 Å². The summed E-state index contributed by atoms with van der Waals surface area (Å²) in [5.41, 5.74) is 6.85. The van der Waals surface area contributed by atoms with Crippen LogP contribution in [0.5, 0.6) is 5.75 Å². The minimum absolute atomic E-state index is 0.108. The highest BCUT2D eigenvalue weighted by Crippen LogP contribution is 2.58. The molecule has 0 saturated carbocycles. The third-order valence-electron chi connectivity index (χ3n) is 5.63. The molecule has 2 fully saturated rings. The zero-order valence-corrected chi connectivity index (χ0v) is 15.7. The van der Waals surface area contributed by atoms with Crippen molar-refractivity contribution in [2.24, 2.45) is 5.73 Å². The molecule has 0 spiro atoms. The molecular weight excluding hydrogens is 370 g/mol. The van der Waals surface area contributed by atoms with Crippen molar-refractivity contribution in [3.8, 4) is 5.75 Å². The van der Waals surface area contributed by atoms with Gasteiger partial charge in [-0.1, -0.05) is 0 Å². The van der Waals surface area contributed by atoms with Gasteiger partial charge in [0.2, 0.25) is 11.7 Å². The molecule has 28 heavy (non-hydrogen) atoms. The molecule has 0 aromatic heterocycles. The van der Waals surface area contributed by atoms with Crippen LogP contribution in [0.1, 0.15) is 28.8 Å². The molecule has 0 aliphatic carbocycles. The first-order valence-corrected chi connectivity index (χ1v) is 8.78. The third kappa shape index (κ3) is 2.45. The molecule has 2 N–H and O–H groups in total. The third-order valence-corrected chi connectivity index (χ3v) is 5.63. The predicted molar refractivity (Wildman–Crippen MR) is 94.9 cm³/mol. The quantitative estimate of drug-likeness (QED) is 0.565. The minimum Gasteiger partial charge on any atom is -0.496 e. The molecule has 2 amide bonds. The maximum absolute atomic E-state index is 12.1. The number of aldehydes is 1. The number of amides is 2. The Morgan fingerprint density at radius 1 is 1.39 bits per heavy atom. The van der Waals surface area contributed by atoms with Gasteiger partial charge in [-0.05, 0) is 12.1 Å². The lowest BCUT2D eigenvalue weighted by Crippen LogP contribution is -2.60. The number of hydroxylamine groups is 1. The van der Waals surface area contributed by atoms with Gasteiger partial charge in [0, 0.05) is 25.2 Å². The van der Waals surface area contributed by atoms with Crippen LogP contribution in [0.3, 0.4) is 0 Å². The molecule has 4 atom stereocenters. The Hall–Kier alpha value is -2.85. The molecule has 3 aliphatic rings. The number of nitrogens with zero attached hydrogens (tertiary/aromatic N) is 2. The van der Waals surface area contributed by atoms with Crippen LogP contribution in [0.25, 0.3) is 0 Å². The average Bonchev–Trinajstić information content (AvgIpc) is 3.42. The second-order valence-electron chi connectivity index (χ2n) is 6.97. The van der Waals surface area contributed by atoms with Crippen LogP contribution in [-0.4, -0.2) is 68.4 Å². The Kier molecular flexibility index (Phi) is 4.20. The van der Waals surface area contributed by atoms with Crippen molar-refractivity contribution in [1.29, 1.82) is 0 Å². The molecule has 2 bridgehead atoms. The number of carbonyl (C=O) groups is 3. The number of carbonyl (C=O) groups excluding carboxylic acids is 3. The van der Waals surface area contributed by atoms with E-state index in [-0.39, 0.29) is 24.6 Å². The number of anilines is 1. The van der Waals surface area contributed by atoms with Crippen molar-refractivity contribution >= 4 is 24.0 Å². The summed E-state index contributed by atoms with van der Waals surface area (Å²) in [6.45, 7) is 1.75. The Bertz CT molecular complexity index is 860. The number of hydrogen-bond acceptors (Lipinski definition) is 8. The van der Waals surface area contributed by atoms with E-state index >= 15 is 0 Å². The highest BCUT2D eigenvalue weighted by molar-refractivity contribution is 5.82. The number of rotatable bonds is 5. The molecule has 10 nitrogen and oxygen atoms in total. The molecule has 0 radical (unpaired) electrons. The Morgan fingerprint density at radius 2 is 2.14 bits per heavy atom. The van der Waals surface area contributed by atoms with Crippen LogP contribution in [0, 0.1) is 0 Å². The topological polar surface area (TPSA) is 120 Å².